The molecule has 1 heterocycles. The molecule has 23 heavy (non-hydrogen) atoms. The molecule has 122 valence electrons. The molecule has 0 radical (unpaired) electrons. The summed E-state index contributed by atoms with van der Waals surface area (Å²) in [6.45, 7) is 0. The number of carbonyl (C=O) groups excluding carboxylic acids is 1. The number of hydrogen-bond acceptors (Lipinski definition) is 5. The second kappa shape index (κ2) is 6.74. The molecule has 0 bridgehead atoms. The fourth-order valence-electron chi connectivity index (χ4n) is 1.93. The molecule has 0 spiro atoms. The van der Waals surface area contributed by atoms with E-state index in [9.17, 15) is 18.0 Å². The summed E-state index contributed by atoms with van der Waals surface area (Å²) in [7, 11) is -1.70. The molecular weight excluding hydrogens is 318 g/mol. The number of nitrogens with one attached hydrogen (secondary N) is 1. The Morgan fingerprint density at radius 1 is 1.17 bits per heavy atom. The van der Waals surface area contributed by atoms with Gasteiger partial charge in [0, 0.05) is 37.9 Å². The van der Waals surface area contributed by atoms with Crippen molar-refractivity contribution >= 4 is 21.4 Å². The van der Waals surface area contributed by atoms with E-state index in [1.54, 1.807) is 25.2 Å². The largest absolute Gasteiger partial charge is 0.326 e. The van der Waals surface area contributed by atoms with Gasteiger partial charge in [-0.3, -0.25) is 9.59 Å². The van der Waals surface area contributed by atoms with Crippen molar-refractivity contribution in [3.63, 3.8) is 0 Å². The maximum atomic E-state index is 11.9. The summed E-state index contributed by atoms with van der Waals surface area (Å²) >= 11 is 0. The molecule has 8 heteroatoms. The summed E-state index contributed by atoms with van der Waals surface area (Å²) < 4.78 is 23.9. The zero-order valence-electron chi connectivity index (χ0n) is 12.8. The van der Waals surface area contributed by atoms with Gasteiger partial charge in [0.15, 0.2) is 9.84 Å². The number of aromatic nitrogens is 2. The summed E-state index contributed by atoms with van der Waals surface area (Å²) in [5, 5.41) is 6.73. The molecule has 0 saturated heterocycles. The highest BCUT2D eigenvalue weighted by molar-refractivity contribution is 7.90. The Balaban J connectivity index is 1.94. The molecule has 0 aliphatic heterocycles. The van der Waals surface area contributed by atoms with Crippen LogP contribution in [0.4, 0.5) is 5.69 Å². The third kappa shape index (κ3) is 4.75. The summed E-state index contributed by atoms with van der Waals surface area (Å²) in [6, 6.07) is 8.97. The van der Waals surface area contributed by atoms with Crippen LogP contribution in [0.5, 0.6) is 0 Å². The van der Waals surface area contributed by atoms with Gasteiger partial charge in [-0.25, -0.2) is 13.1 Å². The fraction of sp³-hybridized carbons (Fsp3) is 0.267. The van der Waals surface area contributed by atoms with Gasteiger partial charge in [-0.15, -0.1) is 0 Å². The number of benzene rings is 1. The topological polar surface area (TPSA) is 98.1 Å². The quantitative estimate of drug-likeness (QED) is 0.869. The van der Waals surface area contributed by atoms with Crippen molar-refractivity contribution in [3.8, 4) is 0 Å². The van der Waals surface area contributed by atoms with Crippen LogP contribution in [0.3, 0.4) is 0 Å². The summed E-state index contributed by atoms with van der Waals surface area (Å²) in [4.78, 5) is 23.3. The lowest BCUT2D eigenvalue weighted by Gasteiger charge is -2.06. The summed E-state index contributed by atoms with van der Waals surface area (Å²) in [5.74, 6) is -0.215. The van der Waals surface area contributed by atoms with Gasteiger partial charge in [-0.1, -0.05) is 0 Å². The predicted octanol–water partition coefficient (Wildman–Crippen LogP) is 0.755. The Kier molecular flexibility index (Phi) is 4.95. The highest BCUT2D eigenvalue weighted by Gasteiger charge is 2.08. The Labute approximate surface area is 133 Å². The summed E-state index contributed by atoms with van der Waals surface area (Å²) in [6.07, 6.45) is 1.74. The van der Waals surface area contributed by atoms with Crippen molar-refractivity contribution in [1.82, 2.24) is 9.78 Å². The summed E-state index contributed by atoms with van der Waals surface area (Å²) in [5.41, 5.74) is 0.967. The Hall–Kier alpha value is -2.48. The van der Waals surface area contributed by atoms with E-state index in [1.165, 1.54) is 22.9 Å². The molecule has 0 aliphatic carbocycles. The number of sulfone groups is 1. The molecule has 0 aliphatic rings. The monoisotopic (exact) mass is 335 g/mol. The average molecular weight is 335 g/mol. The number of hydrogen-bond donors (Lipinski definition) is 1. The van der Waals surface area contributed by atoms with Crippen LogP contribution in [0.25, 0.3) is 0 Å². The van der Waals surface area contributed by atoms with E-state index in [1.807, 2.05) is 0 Å². The fourth-order valence-corrected chi connectivity index (χ4v) is 2.56. The van der Waals surface area contributed by atoms with Gasteiger partial charge in [0.05, 0.1) is 10.6 Å². The van der Waals surface area contributed by atoms with Crippen molar-refractivity contribution in [3.05, 3.63) is 52.4 Å². The van der Waals surface area contributed by atoms with Crippen LogP contribution < -0.4 is 10.9 Å². The van der Waals surface area contributed by atoms with Gasteiger partial charge >= 0.3 is 0 Å². The van der Waals surface area contributed by atoms with Crippen LogP contribution in [-0.4, -0.2) is 30.4 Å². The molecule has 1 amide bonds. The van der Waals surface area contributed by atoms with Crippen LogP contribution in [0.15, 0.2) is 46.1 Å². The molecular formula is C15H17N3O4S. The Bertz CT molecular complexity index is 870. The van der Waals surface area contributed by atoms with Gasteiger partial charge in [-0.05, 0) is 30.3 Å². The first-order valence-corrected chi connectivity index (χ1v) is 8.78. The van der Waals surface area contributed by atoms with Crippen molar-refractivity contribution in [1.29, 1.82) is 0 Å². The van der Waals surface area contributed by atoms with E-state index in [0.717, 1.165) is 6.26 Å². The lowest BCUT2D eigenvalue weighted by atomic mass is 10.2. The van der Waals surface area contributed by atoms with Gasteiger partial charge in [0.1, 0.15) is 0 Å². The van der Waals surface area contributed by atoms with Crippen LogP contribution in [0.1, 0.15) is 12.1 Å². The molecule has 1 aromatic carbocycles. The van der Waals surface area contributed by atoms with Crippen molar-refractivity contribution in [2.75, 3.05) is 11.6 Å². The molecule has 2 rings (SSSR count). The minimum Gasteiger partial charge on any atom is -0.326 e. The van der Waals surface area contributed by atoms with Crippen LogP contribution in [-0.2, 0) is 28.1 Å². The zero-order valence-corrected chi connectivity index (χ0v) is 13.6. The molecule has 7 nitrogen and oxygen atoms in total. The van der Waals surface area contributed by atoms with E-state index in [-0.39, 0.29) is 22.8 Å². The van der Waals surface area contributed by atoms with Crippen molar-refractivity contribution in [2.45, 2.75) is 17.7 Å². The van der Waals surface area contributed by atoms with Gasteiger partial charge in [0.25, 0.3) is 5.56 Å². The maximum absolute atomic E-state index is 11.9. The number of nitrogens with zero attached hydrogens (tertiary/aromatic N) is 2. The SMILES string of the molecule is Cn1nc(CCC(=O)Nc2ccc(S(C)(=O)=O)cc2)ccc1=O. The lowest BCUT2D eigenvalue weighted by Crippen LogP contribution is -2.20. The van der Waals surface area contributed by atoms with E-state index in [4.69, 9.17) is 0 Å². The maximum Gasteiger partial charge on any atom is 0.266 e. The molecule has 0 atom stereocenters. The Morgan fingerprint density at radius 2 is 1.83 bits per heavy atom. The number of anilines is 1. The number of carbonyl (C=O) groups is 1. The van der Waals surface area contributed by atoms with Crippen LogP contribution in [0.2, 0.25) is 0 Å². The predicted molar refractivity (Wildman–Crippen MR) is 86.0 cm³/mol. The lowest BCUT2D eigenvalue weighted by molar-refractivity contribution is -0.116. The first-order chi connectivity index (χ1) is 10.8. The third-order valence-electron chi connectivity index (χ3n) is 3.19. The number of aryl methyl sites for hydroxylation is 2. The van der Waals surface area contributed by atoms with E-state index < -0.39 is 9.84 Å². The van der Waals surface area contributed by atoms with Crippen LogP contribution >= 0.6 is 0 Å². The highest BCUT2D eigenvalue weighted by atomic mass is 32.2. The van der Waals surface area contributed by atoms with Crippen molar-refractivity contribution < 1.29 is 13.2 Å². The van der Waals surface area contributed by atoms with Gasteiger partial charge in [-0.2, -0.15) is 5.10 Å². The average Bonchev–Trinajstić information content (AvgIpc) is 2.48. The van der Waals surface area contributed by atoms with Crippen LogP contribution in [0, 0.1) is 0 Å². The van der Waals surface area contributed by atoms with E-state index in [2.05, 4.69) is 10.4 Å². The zero-order chi connectivity index (χ0) is 17.0. The molecule has 0 unspecified atom stereocenters. The first-order valence-electron chi connectivity index (χ1n) is 6.89. The minimum atomic E-state index is -3.25. The molecule has 0 saturated carbocycles. The second-order valence-corrected chi connectivity index (χ2v) is 7.15. The molecule has 0 fully saturated rings. The van der Waals surface area contributed by atoms with E-state index in [0.29, 0.717) is 17.8 Å². The number of amides is 1. The smallest absolute Gasteiger partial charge is 0.266 e. The Morgan fingerprint density at radius 3 is 2.39 bits per heavy atom. The first kappa shape index (κ1) is 16.9. The standard InChI is InChI=1S/C15H17N3O4S/c1-18-15(20)10-6-12(17-18)5-9-14(19)16-11-3-7-13(8-4-11)23(2,21)22/h3-4,6-8,10H,5,9H2,1-2H3,(H,16,19). The molecule has 1 N–H and O–H groups in total. The van der Waals surface area contributed by atoms with E-state index >= 15 is 0 Å². The third-order valence-corrected chi connectivity index (χ3v) is 4.32. The highest BCUT2D eigenvalue weighted by Crippen LogP contribution is 2.14. The normalized spacial score (nSPS) is 11.2. The van der Waals surface area contributed by atoms with Crippen molar-refractivity contribution in [2.24, 2.45) is 7.05 Å². The van der Waals surface area contributed by atoms with Gasteiger partial charge in [0.2, 0.25) is 5.91 Å². The molecule has 2 aromatic rings. The minimum absolute atomic E-state index is 0.199. The number of rotatable bonds is 5. The second-order valence-electron chi connectivity index (χ2n) is 5.13. The molecule has 1 aromatic heterocycles. The van der Waals surface area contributed by atoms with Gasteiger partial charge < -0.3 is 5.32 Å².